The van der Waals surface area contributed by atoms with Gasteiger partial charge < -0.3 is 10.6 Å². The molecule has 134 valence electrons. The van der Waals surface area contributed by atoms with Gasteiger partial charge in [0.15, 0.2) is 9.84 Å². The molecule has 0 aromatic heterocycles. The smallest absolute Gasteiger partial charge is 0.315 e. The van der Waals surface area contributed by atoms with E-state index in [-0.39, 0.29) is 23.6 Å². The minimum atomic E-state index is -2.96. The highest BCUT2D eigenvalue weighted by atomic mass is 32.2. The Kier molecular flexibility index (Phi) is 6.71. The van der Waals surface area contributed by atoms with E-state index >= 15 is 0 Å². The van der Waals surface area contributed by atoms with Gasteiger partial charge >= 0.3 is 6.03 Å². The van der Waals surface area contributed by atoms with Crippen molar-refractivity contribution in [2.45, 2.75) is 58.0 Å². The summed E-state index contributed by atoms with van der Waals surface area (Å²) in [5.74, 6) is 0.838. The van der Waals surface area contributed by atoms with E-state index < -0.39 is 9.84 Å². The third-order valence-corrected chi connectivity index (χ3v) is 7.01. The van der Waals surface area contributed by atoms with Crippen molar-refractivity contribution in [2.75, 3.05) is 31.1 Å². The lowest BCUT2D eigenvalue weighted by Crippen LogP contribution is -2.50. The largest absolute Gasteiger partial charge is 0.337 e. The molecule has 23 heavy (non-hydrogen) atoms. The molecule has 2 fully saturated rings. The molecule has 0 spiro atoms. The number of carbonyl (C=O) groups excluding carboxylic acids is 1. The van der Waals surface area contributed by atoms with Gasteiger partial charge in [-0.2, -0.15) is 0 Å². The topological polar surface area (TPSA) is 78.5 Å². The average molecular weight is 346 g/mol. The van der Waals surface area contributed by atoms with Crippen molar-refractivity contribution in [1.29, 1.82) is 0 Å². The van der Waals surface area contributed by atoms with Gasteiger partial charge in [-0.05, 0) is 38.3 Å². The molecule has 2 atom stereocenters. The van der Waals surface area contributed by atoms with E-state index in [1.165, 1.54) is 12.8 Å². The zero-order valence-corrected chi connectivity index (χ0v) is 15.2. The average Bonchev–Trinajstić information content (AvgIpc) is 3.13. The molecule has 0 radical (unpaired) electrons. The number of likely N-dealkylation sites (tertiary alicyclic amines) is 1. The first-order valence-corrected chi connectivity index (χ1v) is 10.8. The Bertz CT molecular complexity index is 483. The fraction of sp³-hybridized carbons (Fsp3) is 0.938. The lowest BCUT2D eigenvalue weighted by Gasteiger charge is -2.34. The number of nitrogens with zero attached hydrogens (tertiary/aromatic N) is 1. The van der Waals surface area contributed by atoms with Crippen LogP contribution >= 0.6 is 0 Å². The zero-order chi connectivity index (χ0) is 16.9. The van der Waals surface area contributed by atoms with Crippen LogP contribution in [0.1, 0.15) is 46.0 Å². The molecule has 2 N–H and O–H groups in total. The van der Waals surface area contributed by atoms with E-state index in [1.807, 2.05) is 0 Å². The van der Waals surface area contributed by atoms with Crippen LogP contribution in [0.2, 0.25) is 0 Å². The predicted octanol–water partition coefficient (Wildman–Crippen LogP) is 1.37. The van der Waals surface area contributed by atoms with Gasteiger partial charge in [0, 0.05) is 18.6 Å². The van der Waals surface area contributed by atoms with Gasteiger partial charge in [-0.1, -0.05) is 26.7 Å². The van der Waals surface area contributed by atoms with Crippen LogP contribution < -0.4 is 10.6 Å². The predicted molar refractivity (Wildman–Crippen MR) is 92.3 cm³/mol. The molecular formula is C16H31N3O3S. The molecule has 0 bridgehead atoms. The third-order valence-electron chi connectivity index (χ3n) is 5.24. The second kappa shape index (κ2) is 8.33. The van der Waals surface area contributed by atoms with Gasteiger partial charge in [-0.15, -0.1) is 0 Å². The molecule has 6 nitrogen and oxygen atoms in total. The number of nitrogens with one attached hydrogen (secondary N) is 2. The van der Waals surface area contributed by atoms with Gasteiger partial charge in [-0.25, -0.2) is 13.2 Å². The van der Waals surface area contributed by atoms with Crippen molar-refractivity contribution < 1.29 is 13.2 Å². The van der Waals surface area contributed by atoms with Gasteiger partial charge in [0.1, 0.15) is 0 Å². The Labute approximate surface area is 140 Å². The Morgan fingerprint density at radius 3 is 2.39 bits per heavy atom. The summed E-state index contributed by atoms with van der Waals surface area (Å²) in [6.45, 7) is 7.29. The fourth-order valence-electron chi connectivity index (χ4n) is 3.84. The Morgan fingerprint density at radius 1 is 1.22 bits per heavy atom. The molecule has 0 aromatic rings. The molecule has 2 rings (SSSR count). The number of urea groups is 1. The van der Waals surface area contributed by atoms with Gasteiger partial charge in [0.2, 0.25) is 0 Å². The van der Waals surface area contributed by atoms with Crippen molar-refractivity contribution in [2.24, 2.45) is 5.92 Å². The van der Waals surface area contributed by atoms with Crippen molar-refractivity contribution >= 4 is 15.9 Å². The van der Waals surface area contributed by atoms with E-state index in [0.29, 0.717) is 24.9 Å². The number of carbonyl (C=O) groups is 1. The monoisotopic (exact) mass is 345 g/mol. The van der Waals surface area contributed by atoms with Crippen molar-refractivity contribution in [3.63, 3.8) is 0 Å². The van der Waals surface area contributed by atoms with Gasteiger partial charge in [-0.3, -0.25) is 4.90 Å². The van der Waals surface area contributed by atoms with Crippen LogP contribution in [0.4, 0.5) is 4.79 Å². The summed E-state index contributed by atoms with van der Waals surface area (Å²) in [6, 6.07) is -0.0915. The SMILES string of the molecule is CCC(CC)[C@@H](CNC(=O)N[C@H]1CCS(=O)(=O)C1)N1CCCC1. The molecule has 0 aromatic carbocycles. The van der Waals surface area contributed by atoms with E-state index in [4.69, 9.17) is 0 Å². The molecule has 2 amide bonds. The first kappa shape index (κ1) is 18.5. The van der Waals surface area contributed by atoms with E-state index in [1.54, 1.807) is 0 Å². The van der Waals surface area contributed by atoms with Crippen LogP contribution in [0.25, 0.3) is 0 Å². The van der Waals surface area contributed by atoms with Crippen LogP contribution in [0.15, 0.2) is 0 Å². The molecule has 2 heterocycles. The number of sulfone groups is 1. The van der Waals surface area contributed by atoms with Crippen LogP contribution in [0.5, 0.6) is 0 Å². The second-order valence-corrected chi connectivity index (χ2v) is 9.07. The zero-order valence-electron chi connectivity index (χ0n) is 14.4. The lowest BCUT2D eigenvalue weighted by molar-refractivity contribution is 0.161. The Morgan fingerprint density at radius 2 is 1.87 bits per heavy atom. The Hall–Kier alpha value is -0.820. The van der Waals surface area contributed by atoms with Crippen LogP contribution in [0.3, 0.4) is 0 Å². The maximum Gasteiger partial charge on any atom is 0.315 e. The third kappa shape index (κ3) is 5.35. The maximum atomic E-state index is 12.1. The molecule has 2 aliphatic heterocycles. The summed E-state index contributed by atoms with van der Waals surface area (Å²) in [4.78, 5) is 14.6. The number of hydrogen-bond donors (Lipinski definition) is 2. The molecule has 2 saturated heterocycles. The number of amides is 2. The highest BCUT2D eigenvalue weighted by molar-refractivity contribution is 7.91. The number of rotatable bonds is 7. The van der Waals surface area contributed by atoms with Crippen LogP contribution in [0, 0.1) is 5.92 Å². The summed E-state index contributed by atoms with van der Waals surface area (Å²) in [5.41, 5.74) is 0. The first-order chi connectivity index (χ1) is 10.9. The minimum absolute atomic E-state index is 0.0719. The minimum Gasteiger partial charge on any atom is -0.337 e. The summed E-state index contributed by atoms with van der Waals surface area (Å²) in [6.07, 6.45) is 5.23. The second-order valence-electron chi connectivity index (χ2n) is 6.84. The molecule has 0 aliphatic carbocycles. The molecule has 0 saturated carbocycles. The summed E-state index contributed by atoms with van der Waals surface area (Å²) >= 11 is 0. The molecule has 7 heteroatoms. The fourth-order valence-corrected chi connectivity index (χ4v) is 5.52. The van der Waals surface area contributed by atoms with Crippen LogP contribution in [-0.4, -0.2) is 62.6 Å². The highest BCUT2D eigenvalue weighted by Gasteiger charge is 2.30. The quantitative estimate of drug-likeness (QED) is 0.730. The molecule has 2 aliphatic rings. The van der Waals surface area contributed by atoms with Gasteiger partial charge in [0.25, 0.3) is 0 Å². The van der Waals surface area contributed by atoms with E-state index in [9.17, 15) is 13.2 Å². The number of hydrogen-bond acceptors (Lipinski definition) is 4. The highest BCUT2D eigenvalue weighted by Crippen LogP contribution is 2.22. The van der Waals surface area contributed by atoms with Crippen LogP contribution in [-0.2, 0) is 9.84 Å². The standard InChI is InChI=1S/C16H31N3O3S/c1-3-13(4-2)15(19-8-5-6-9-19)11-17-16(20)18-14-7-10-23(21,22)12-14/h13-15H,3-12H2,1-2H3,(H2,17,18,20)/t14-,15+/m0/s1. The van der Waals surface area contributed by atoms with Crippen molar-refractivity contribution in [3.05, 3.63) is 0 Å². The van der Waals surface area contributed by atoms with E-state index in [2.05, 4.69) is 29.4 Å². The maximum absolute atomic E-state index is 12.1. The summed E-state index contributed by atoms with van der Waals surface area (Å²) in [7, 11) is -2.96. The first-order valence-electron chi connectivity index (χ1n) is 8.94. The van der Waals surface area contributed by atoms with Crippen molar-refractivity contribution in [3.8, 4) is 0 Å². The summed E-state index contributed by atoms with van der Waals surface area (Å²) in [5, 5.41) is 5.78. The van der Waals surface area contributed by atoms with Gasteiger partial charge in [0.05, 0.1) is 11.5 Å². The lowest BCUT2D eigenvalue weighted by atomic mass is 9.93. The van der Waals surface area contributed by atoms with Crippen molar-refractivity contribution in [1.82, 2.24) is 15.5 Å². The summed E-state index contributed by atoms with van der Waals surface area (Å²) < 4.78 is 22.9. The molecular weight excluding hydrogens is 314 g/mol. The Balaban J connectivity index is 1.83. The van der Waals surface area contributed by atoms with E-state index in [0.717, 1.165) is 25.9 Å². The molecule has 0 unspecified atom stereocenters. The normalized spacial score (nSPS) is 25.6.